The third kappa shape index (κ3) is 3.94. The molecule has 0 radical (unpaired) electrons. The number of hydrogen-bond donors (Lipinski definition) is 1. The first-order valence-corrected chi connectivity index (χ1v) is 11.3. The number of H-pyrrole nitrogens is 1. The summed E-state index contributed by atoms with van der Waals surface area (Å²) >= 11 is 0. The second-order valence-electron chi connectivity index (χ2n) is 7.42. The number of anilines is 2. The molecule has 2 aliphatic heterocycles. The van der Waals surface area contributed by atoms with E-state index in [0.29, 0.717) is 61.6 Å². The topological polar surface area (TPSA) is 108 Å². The highest BCUT2D eigenvalue weighted by atomic mass is 32.2. The number of aromatic amines is 1. The van der Waals surface area contributed by atoms with Crippen LogP contribution < -0.4 is 9.80 Å². The van der Waals surface area contributed by atoms with Gasteiger partial charge in [0.25, 0.3) is 0 Å². The third-order valence-corrected chi connectivity index (χ3v) is 7.51. The molecule has 158 valence electrons. The van der Waals surface area contributed by atoms with Gasteiger partial charge >= 0.3 is 0 Å². The zero-order valence-corrected chi connectivity index (χ0v) is 17.9. The molecular formula is C18H27N7O3S. The van der Waals surface area contributed by atoms with Crippen molar-refractivity contribution in [2.24, 2.45) is 0 Å². The van der Waals surface area contributed by atoms with Crippen LogP contribution in [0.5, 0.6) is 0 Å². The summed E-state index contributed by atoms with van der Waals surface area (Å²) in [6, 6.07) is 1.96. The molecule has 0 aromatic carbocycles. The van der Waals surface area contributed by atoms with Gasteiger partial charge in [-0.15, -0.1) is 0 Å². The molecule has 0 spiro atoms. The van der Waals surface area contributed by atoms with Crippen molar-refractivity contribution in [2.45, 2.75) is 25.7 Å². The first kappa shape index (κ1) is 20.0. The van der Waals surface area contributed by atoms with E-state index in [1.807, 2.05) is 13.0 Å². The van der Waals surface area contributed by atoms with Crippen LogP contribution in [0.4, 0.5) is 11.8 Å². The molecule has 10 nitrogen and oxygen atoms in total. The van der Waals surface area contributed by atoms with Gasteiger partial charge < -0.3 is 14.5 Å². The molecule has 2 saturated heterocycles. The molecule has 0 bridgehead atoms. The van der Waals surface area contributed by atoms with Gasteiger partial charge in [0.1, 0.15) is 10.7 Å². The first-order chi connectivity index (χ1) is 13.9. The molecule has 0 unspecified atom stereocenters. The Bertz CT molecular complexity index is 958. The highest BCUT2D eigenvalue weighted by Crippen LogP contribution is 2.25. The van der Waals surface area contributed by atoms with Gasteiger partial charge in [-0.3, -0.25) is 5.10 Å². The van der Waals surface area contributed by atoms with E-state index in [9.17, 15) is 8.42 Å². The standard InChI is InChI=1S/C18H27N7O3S/c1-13-12-16(20-18(19-13)24-8-10-28-11-9-24)23-4-6-25(7-5-23)29(26,27)17-14(2)21-22-15(17)3/h12H,4-11H2,1-3H3,(H,21,22). The molecule has 2 fully saturated rings. The molecule has 2 aliphatic rings. The molecule has 0 atom stereocenters. The minimum absolute atomic E-state index is 0.290. The lowest BCUT2D eigenvalue weighted by molar-refractivity contribution is 0.122. The Kier molecular flexibility index (Phi) is 5.45. The van der Waals surface area contributed by atoms with Crippen molar-refractivity contribution in [3.8, 4) is 0 Å². The second kappa shape index (κ2) is 7.88. The van der Waals surface area contributed by atoms with Crippen molar-refractivity contribution in [3.63, 3.8) is 0 Å². The van der Waals surface area contributed by atoms with Crippen LogP contribution in [0.15, 0.2) is 11.0 Å². The molecule has 1 N–H and O–H groups in total. The fraction of sp³-hybridized carbons (Fsp3) is 0.611. The zero-order chi connectivity index (χ0) is 20.6. The molecule has 4 heterocycles. The maximum atomic E-state index is 13.1. The normalized spacial score (nSPS) is 19.0. The molecule has 29 heavy (non-hydrogen) atoms. The van der Waals surface area contributed by atoms with Crippen LogP contribution in [-0.2, 0) is 14.8 Å². The van der Waals surface area contributed by atoms with Crippen LogP contribution in [0.3, 0.4) is 0 Å². The number of ether oxygens (including phenoxy) is 1. The Morgan fingerprint density at radius 1 is 0.966 bits per heavy atom. The van der Waals surface area contributed by atoms with E-state index in [2.05, 4.69) is 25.0 Å². The van der Waals surface area contributed by atoms with Gasteiger partial charge in [-0.1, -0.05) is 0 Å². The summed E-state index contributed by atoms with van der Waals surface area (Å²) in [5, 5.41) is 6.80. The number of sulfonamides is 1. The predicted octanol–water partition coefficient (Wildman–Crippen LogP) is 0.472. The van der Waals surface area contributed by atoms with Crippen LogP contribution >= 0.6 is 0 Å². The van der Waals surface area contributed by atoms with Crippen LogP contribution in [0.25, 0.3) is 0 Å². The second-order valence-corrected chi connectivity index (χ2v) is 9.30. The minimum atomic E-state index is -3.56. The molecule has 11 heteroatoms. The van der Waals surface area contributed by atoms with Crippen molar-refractivity contribution >= 4 is 21.8 Å². The highest BCUT2D eigenvalue weighted by molar-refractivity contribution is 7.89. The molecular weight excluding hydrogens is 394 g/mol. The minimum Gasteiger partial charge on any atom is -0.378 e. The van der Waals surface area contributed by atoms with Crippen molar-refractivity contribution in [3.05, 3.63) is 23.1 Å². The van der Waals surface area contributed by atoms with E-state index in [1.54, 1.807) is 13.8 Å². The molecule has 2 aromatic rings. The fourth-order valence-electron chi connectivity index (χ4n) is 3.81. The number of nitrogens with one attached hydrogen (secondary N) is 1. The smallest absolute Gasteiger partial charge is 0.246 e. The van der Waals surface area contributed by atoms with Gasteiger partial charge in [0, 0.05) is 51.0 Å². The van der Waals surface area contributed by atoms with Gasteiger partial charge in [-0.05, 0) is 20.8 Å². The lowest BCUT2D eigenvalue weighted by Crippen LogP contribution is -2.49. The average molecular weight is 422 g/mol. The average Bonchev–Trinajstić information content (AvgIpc) is 3.07. The lowest BCUT2D eigenvalue weighted by atomic mass is 10.3. The Morgan fingerprint density at radius 2 is 1.66 bits per heavy atom. The van der Waals surface area contributed by atoms with Gasteiger partial charge in [-0.25, -0.2) is 13.4 Å². The van der Waals surface area contributed by atoms with Gasteiger partial charge in [0.2, 0.25) is 16.0 Å². The van der Waals surface area contributed by atoms with Crippen molar-refractivity contribution < 1.29 is 13.2 Å². The van der Waals surface area contributed by atoms with E-state index in [1.165, 1.54) is 4.31 Å². The number of hydrogen-bond acceptors (Lipinski definition) is 8. The quantitative estimate of drug-likeness (QED) is 0.759. The Labute approximate surface area is 170 Å². The van der Waals surface area contributed by atoms with E-state index in [0.717, 1.165) is 24.6 Å². The number of morpholine rings is 1. The highest BCUT2D eigenvalue weighted by Gasteiger charge is 2.32. The summed E-state index contributed by atoms with van der Waals surface area (Å²) in [7, 11) is -3.56. The van der Waals surface area contributed by atoms with Crippen molar-refractivity contribution in [2.75, 3.05) is 62.3 Å². The van der Waals surface area contributed by atoms with Gasteiger partial charge in [0.05, 0.1) is 24.6 Å². The number of aryl methyl sites for hydroxylation is 3. The summed E-state index contributed by atoms with van der Waals surface area (Å²) in [5.74, 6) is 1.55. The molecule has 4 rings (SSSR count). The summed E-state index contributed by atoms with van der Waals surface area (Å²) < 4.78 is 33.0. The van der Waals surface area contributed by atoms with E-state index in [4.69, 9.17) is 9.72 Å². The molecule has 0 amide bonds. The SMILES string of the molecule is Cc1cc(N2CCN(S(=O)(=O)c3c(C)n[nH]c3C)CC2)nc(N2CCOCC2)n1. The first-order valence-electron chi connectivity index (χ1n) is 9.81. The van der Waals surface area contributed by atoms with E-state index in [-0.39, 0.29) is 0 Å². The predicted molar refractivity (Wildman–Crippen MR) is 109 cm³/mol. The van der Waals surface area contributed by atoms with Gasteiger partial charge in [0.15, 0.2) is 0 Å². The lowest BCUT2D eigenvalue weighted by Gasteiger charge is -2.35. The van der Waals surface area contributed by atoms with Gasteiger partial charge in [-0.2, -0.15) is 14.4 Å². The Balaban J connectivity index is 1.49. The molecule has 0 saturated carbocycles. The number of nitrogens with zero attached hydrogens (tertiary/aromatic N) is 6. The van der Waals surface area contributed by atoms with Crippen LogP contribution in [-0.4, -0.2) is 85.4 Å². The largest absolute Gasteiger partial charge is 0.378 e. The summed E-state index contributed by atoms with van der Waals surface area (Å²) in [6.07, 6.45) is 0. The fourth-order valence-corrected chi connectivity index (χ4v) is 5.56. The number of aromatic nitrogens is 4. The maximum Gasteiger partial charge on any atom is 0.246 e. The van der Waals surface area contributed by atoms with E-state index >= 15 is 0 Å². The van der Waals surface area contributed by atoms with E-state index < -0.39 is 10.0 Å². The molecule has 0 aliphatic carbocycles. The Hall–Kier alpha value is -2.24. The number of rotatable bonds is 4. The summed E-state index contributed by atoms with van der Waals surface area (Å²) in [6.45, 7) is 10.3. The zero-order valence-electron chi connectivity index (χ0n) is 17.1. The maximum absolute atomic E-state index is 13.1. The number of piperazine rings is 1. The Morgan fingerprint density at radius 3 is 2.28 bits per heavy atom. The monoisotopic (exact) mass is 421 g/mol. The van der Waals surface area contributed by atoms with Crippen LogP contribution in [0.2, 0.25) is 0 Å². The van der Waals surface area contributed by atoms with Crippen LogP contribution in [0, 0.1) is 20.8 Å². The summed E-state index contributed by atoms with van der Waals surface area (Å²) in [5.41, 5.74) is 1.98. The van der Waals surface area contributed by atoms with Crippen LogP contribution in [0.1, 0.15) is 17.1 Å². The summed E-state index contributed by atoms with van der Waals surface area (Å²) in [4.78, 5) is 13.9. The molecule has 2 aromatic heterocycles. The van der Waals surface area contributed by atoms with Crippen molar-refractivity contribution in [1.29, 1.82) is 0 Å². The third-order valence-electron chi connectivity index (χ3n) is 5.34. The van der Waals surface area contributed by atoms with Crippen molar-refractivity contribution in [1.82, 2.24) is 24.5 Å².